The normalized spacial score (nSPS) is 12.7. The topological polar surface area (TPSA) is 74.6 Å². The fraction of sp³-hybridized carbons (Fsp3) is 0.261. The molecule has 0 aliphatic carbocycles. The van der Waals surface area contributed by atoms with Crippen molar-refractivity contribution >= 4 is 29.5 Å². The minimum atomic E-state index is -0.793. The lowest BCUT2D eigenvalue weighted by atomic mass is 9.99. The molecule has 0 spiro atoms. The van der Waals surface area contributed by atoms with E-state index in [1.165, 1.54) is 18.3 Å². The number of allylic oxidation sites excluding steroid dienone is 2. The van der Waals surface area contributed by atoms with Crippen molar-refractivity contribution in [2.45, 2.75) is 32.8 Å². The van der Waals surface area contributed by atoms with E-state index < -0.39 is 11.4 Å². The maximum absolute atomic E-state index is 14.3. The number of halogens is 1. The molecule has 1 aromatic heterocycles. The molecule has 0 saturated heterocycles. The minimum Gasteiger partial charge on any atom is -0.390 e. The van der Waals surface area contributed by atoms with Gasteiger partial charge in [-0.05, 0) is 50.1 Å². The van der Waals surface area contributed by atoms with E-state index in [1.807, 2.05) is 12.1 Å². The quantitative estimate of drug-likeness (QED) is 0.542. The predicted molar refractivity (Wildman–Crippen MR) is 116 cm³/mol. The summed E-state index contributed by atoms with van der Waals surface area (Å²) in [6.07, 6.45) is 9.32. The zero-order valence-electron chi connectivity index (χ0n) is 17.1. The van der Waals surface area contributed by atoms with E-state index in [0.717, 1.165) is 11.8 Å². The maximum Gasteiger partial charge on any atom is 0.248 e. The number of aliphatic imine (C=N–C) groups is 1. The number of rotatable bonds is 7. The maximum atomic E-state index is 14.3. The first kappa shape index (κ1) is 22.2. The van der Waals surface area contributed by atoms with Gasteiger partial charge in [-0.3, -0.25) is 14.8 Å². The Hall–Kier alpha value is -3.12. The number of anilines is 1. The van der Waals surface area contributed by atoms with Crippen LogP contribution in [0.1, 0.15) is 37.5 Å². The van der Waals surface area contributed by atoms with Crippen molar-refractivity contribution in [2.24, 2.45) is 4.99 Å². The van der Waals surface area contributed by atoms with Gasteiger partial charge in [0.2, 0.25) is 5.91 Å². The first-order valence-corrected chi connectivity index (χ1v) is 9.26. The molecule has 1 aromatic carbocycles. The third-order valence-electron chi connectivity index (χ3n) is 4.07. The molecular formula is C23H26FN3O2. The highest BCUT2D eigenvalue weighted by molar-refractivity contribution is 6.11. The first-order valence-electron chi connectivity index (χ1n) is 9.26. The third-order valence-corrected chi connectivity index (χ3v) is 4.07. The van der Waals surface area contributed by atoms with Crippen LogP contribution in [-0.2, 0) is 11.2 Å². The lowest BCUT2D eigenvalue weighted by Crippen LogP contribution is -2.21. The number of nitrogens with one attached hydrogen (secondary N) is 1. The van der Waals surface area contributed by atoms with Crippen LogP contribution in [0.2, 0.25) is 0 Å². The molecular weight excluding hydrogens is 369 g/mol. The van der Waals surface area contributed by atoms with Crippen LogP contribution in [0, 0.1) is 5.82 Å². The van der Waals surface area contributed by atoms with Crippen molar-refractivity contribution in [3.63, 3.8) is 0 Å². The first-order chi connectivity index (χ1) is 13.7. The summed E-state index contributed by atoms with van der Waals surface area (Å²) >= 11 is 0. The minimum absolute atomic E-state index is 0.341. The number of carbonyl (C=O) groups is 1. The third kappa shape index (κ3) is 6.76. The summed E-state index contributed by atoms with van der Waals surface area (Å²) in [5.41, 5.74) is 2.23. The van der Waals surface area contributed by atoms with Crippen molar-refractivity contribution in [3.05, 3.63) is 71.3 Å². The van der Waals surface area contributed by atoms with Crippen molar-refractivity contribution in [1.82, 2.24) is 4.98 Å². The Kier molecular flexibility index (Phi) is 7.56. The highest BCUT2D eigenvalue weighted by Gasteiger charge is 2.13. The van der Waals surface area contributed by atoms with E-state index in [4.69, 9.17) is 0 Å². The Labute approximate surface area is 170 Å². The molecule has 0 fully saturated rings. The van der Waals surface area contributed by atoms with Gasteiger partial charge in [-0.25, -0.2) is 4.39 Å². The van der Waals surface area contributed by atoms with Gasteiger partial charge in [-0.1, -0.05) is 18.2 Å². The van der Waals surface area contributed by atoms with Crippen molar-refractivity contribution in [1.29, 1.82) is 0 Å². The zero-order chi connectivity index (χ0) is 21.4. The van der Waals surface area contributed by atoms with E-state index in [-0.39, 0.29) is 5.91 Å². The molecule has 0 unspecified atom stereocenters. The summed E-state index contributed by atoms with van der Waals surface area (Å²) in [7, 11) is 1.61. The average molecular weight is 395 g/mol. The van der Waals surface area contributed by atoms with Crippen LogP contribution in [0.25, 0.3) is 11.6 Å². The SMILES string of the molecule is C/C=C(\C=NC)c1c(F)cncc1/C=C/C(=O)Nc1ccc(CC(C)(C)O)cc1. The van der Waals surface area contributed by atoms with Gasteiger partial charge in [-0.15, -0.1) is 0 Å². The van der Waals surface area contributed by atoms with Gasteiger partial charge in [-0.2, -0.15) is 0 Å². The standard InChI is InChI=1S/C23H26FN3O2/c1-5-17(13-25-4)22-18(14-26-15-20(22)24)8-11-21(28)27-19-9-6-16(7-10-19)12-23(2,3)29/h5-11,13-15,29H,12H2,1-4H3,(H,27,28)/b11-8+,17-5+,25-13?. The summed E-state index contributed by atoms with van der Waals surface area (Å²) in [4.78, 5) is 20.1. The second-order valence-corrected chi connectivity index (χ2v) is 7.23. The zero-order valence-corrected chi connectivity index (χ0v) is 17.1. The predicted octanol–water partition coefficient (Wildman–Crippen LogP) is 4.29. The molecule has 29 heavy (non-hydrogen) atoms. The largest absolute Gasteiger partial charge is 0.390 e. The van der Waals surface area contributed by atoms with Gasteiger partial charge < -0.3 is 10.4 Å². The van der Waals surface area contributed by atoms with Gasteiger partial charge in [0.05, 0.1) is 11.8 Å². The molecule has 1 heterocycles. The van der Waals surface area contributed by atoms with Crippen LogP contribution < -0.4 is 5.32 Å². The number of aliphatic hydroxyl groups is 1. The Morgan fingerprint density at radius 2 is 1.97 bits per heavy atom. The Morgan fingerprint density at radius 3 is 2.55 bits per heavy atom. The van der Waals surface area contributed by atoms with Crippen LogP contribution >= 0.6 is 0 Å². The highest BCUT2D eigenvalue weighted by atomic mass is 19.1. The fourth-order valence-corrected chi connectivity index (χ4v) is 2.86. The number of pyridine rings is 1. The second-order valence-electron chi connectivity index (χ2n) is 7.23. The molecule has 0 aliphatic rings. The highest BCUT2D eigenvalue weighted by Crippen LogP contribution is 2.22. The van der Waals surface area contributed by atoms with Crippen LogP contribution in [0.3, 0.4) is 0 Å². The number of benzene rings is 1. The summed E-state index contributed by atoms with van der Waals surface area (Å²) < 4.78 is 14.3. The van der Waals surface area contributed by atoms with Crippen LogP contribution in [-0.4, -0.2) is 34.9 Å². The summed E-state index contributed by atoms with van der Waals surface area (Å²) in [5.74, 6) is -0.829. The Bertz CT molecular complexity index is 940. The lowest BCUT2D eigenvalue weighted by molar-refractivity contribution is -0.111. The van der Waals surface area contributed by atoms with Crippen LogP contribution in [0.5, 0.6) is 0 Å². The number of amides is 1. The van der Waals surface area contributed by atoms with Crippen molar-refractivity contribution in [2.75, 3.05) is 12.4 Å². The van der Waals surface area contributed by atoms with Crippen molar-refractivity contribution < 1.29 is 14.3 Å². The van der Waals surface area contributed by atoms with Gasteiger partial charge in [0, 0.05) is 48.8 Å². The van der Waals surface area contributed by atoms with Crippen molar-refractivity contribution in [3.8, 4) is 0 Å². The molecule has 0 aliphatic heterocycles. The molecule has 0 saturated carbocycles. The van der Waals surface area contributed by atoms with E-state index in [9.17, 15) is 14.3 Å². The van der Waals surface area contributed by atoms with Gasteiger partial charge >= 0.3 is 0 Å². The molecule has 152 valence electrons. The molecule has 5 nitrogen and oxygen atoms in total. The molecule has 0 atom stereocenters. The molecule has 0 radical (unpaired) electrons. The average Bonchev–Trinajstić information content (AvgIpc) is 2.65. The number of hydrogen-bond acceptors (Lipinski definition) is 4. The summed E-state index contributed by atoms with van der Waals surface area (Å²) in [6, 6.07) is 7.26. The number of aromatic nitrogens is 1. The molecule has 0 bridgehead atoms. The van der Waals surface area contributed by atoms with E-state index in [1.54, 1.807) is 52.2 Å². The van der Waals surface area contributed by atoms with Gasteiger partial charge in [0.25, 0.3) is 0 Å². The summed E-state index contributed by atoms with van der Waals surface area (Å²) in [6.45, 7) is 5.28. The molecule has 1 amide bonds. The number of hydrogen-bond donors (Lipinski definition) is 2. The molecule has 6 heteroatoms. The van der Waals surface area contributed by atoms with Gasteiger partial charge in [0.1, 0.15) is 5.82 Å². The van der Waals surface area contributed by atoms with E-state index >= 15 is 0 Å². The second kappa shape index (κ2) is 9.89. The number of nitrogens with zero attached hydrogens (tertiary/aromatic N) is 2. The van der Waals surface area contributed by atoms with Crippen LogP contribution in [0.15, 0.2) is 53.8 Å². The van der Waals surface area contributed by atoms with Crippen LogP contribution in [0.4, 0.5) is 10.1 Å². The monoisotopic (exact) mass is 395 g/mol. The fourth-order valence-electron chi connectivity index (χ4n) is 2.86. The lowest BCUT2D eigenvalue weighted by Gasteiger charge is -2.17. The summed E-state index contributed by atoms with van der Waals surface area (Å²) in [5, 5.41) is 12.6. The van der Waals surface area contributed by atoms with E-state index in [0.29, 0.717) is 28.8 Å². The van der Waals surface area contributed by atoms with Gasteiger partial charge in [0.15, 0.2) is 0 Å². The Balaban J connectivity index is 2.15. The van der Waals surface area contributed by atoms with E-state index in [2.05, 4.69) is 15.3 Å². The smallest absolute Gasteiger partial charge is 0.248 e. The molecule has 2 N–H and O–H groups in total. The Morgan fingerprint density at radius 1 is 1.28 bits per heavy atom. The molecule has 2 rings (SSSR count). The number of carbonyl (C=O) groups excluding carboxylic acids is 1. The molecule has 2 aromatic rings.